The molecule has 0 amide bonds. The van der Waals surface area contributed by atoms with Gasteiger partial charge in [-0.3, -0.25) is 0 Å². The van der Waals surface area contributed by atoms with Crippen LogP contribution in [0.1, 0.15) is 5.56 Å². The van der Waals surface area contributed by atoms with Crippen LogP contribution in [0, 0.1) is 0 Å². The predicted octanol–water partition coefficient (Wildman–Crippen LogP) is 4.03. The Hall–Kier alpha value is -1.90. The second-order valence-electron chi connectivity index (χ2n) is 3.70. The third-order valence-electron chi connectivity index (χ3n) is 2.45. The fourth-order valence-electron chi connectivity index (χ4n) is 1.59. The summed E-state index contributed by atoms with van der Waals surface area (Å²) >= 11 is 3.34. The van der Waals surface area contributed by atoms with Crippen molar-refractivity contribution in [2.45, 2.75) is 6.54 Å². The van der Waals surface area contributed by atoms with Crippen LogP contribution in [0.15, 0.2) is 58.0 Å². The van der Waals surface area contributed by atoms with Gasteiger partial charge in [0.2, 0.25) is 6.08 Å². The maximum atomic E-state index is 10.4. The molecule has 18 heavy (non-hydrogen) atoms. The molecule has 90 valence electrons. The van der Waals surface area contributed by atoms with Gasteiger partial charge in [-0.15, -0.1) is 0 Å². The van der Waals surface area contributed by atoms with Crippen molar-refractivity contribution >= 4 is 33.4 Å². The highest BCUT2D eigenvalue weighted by molar-refractivity contribution is 9.10. The van der Waals surface area contributed by atoms with Crippen molar-refractivity contribution in [3.05, 3.63) is 58.6 Å². The Bertz CT molecular complexity index is 578. The summed E-state index contributed by atoms with van der Waals surface area (Å²) in [5.74, 6) is 0. The first-order chi connectivity index (χ1) is 8.79. The van der Waals surface area contributed by atoms with Gasteiger partial charge in [0.1, 0.15) is 5.69 Å². The Morgan fingerprint density at radius 2 is 1.94 bits per heavy atom. The summed E-state index contributed by atoms with van der Waals surface area (Å²) in [4.78, 5) is 14.1. The molecule has 0 radical (unpaired) electrons. The summed E-state index contributed by atoms with van der Waals surface area (Å²) in [6.45, 7) is 0.684. The van der Waals surface area contributed by atoms with E-state index in [1.165, 1.54) is 5.56 Å². The Morgan fingerprint density at radius 3 is 2.67 bits per heavy atom. The fraction of sp³-hybridized carbons (Fsp3) is 0.0714. The summed E-state index contributed by atoms with van der Waals surface area (Å²) in [6, 6.07) is 15.6. The zero-order valence-electron chi connectivity index (χ0n) is 9.56. The van der Waals surface area contributed by atoms with E-state index in [0.29, 0.717) is 12.2 Å². The molecule has 0 spiro atoms. The van der Waals surface area contributed by atoms with Crippen molar-refractivity contribution in [1.82, 2.24) is 0 Å². The lowest BCUT2D eigenvalue weighted by Crippen LogP contribution is -1.99. The second kappa shape index (κ2) is 6.15. The number of benzene rings is 2. The van der Waals surface area contributed by atoms with Gasteiger partial charge in [0.25, 0.3) is 0 Å². The summed E-state index contributed by atoms with van der Waals surface area (Å²) in [5, 5.41) is 3.25. The number of hydrogen-bond donors (Lipinski definition) is 1. The van der Waals surface area contributed by atoms with Gasteiger partial charge in [-0.2, -0.15) is 4.99 Å². The van der Waals surface area contributed by atoms with Crippen molar-refractivity contribution in [1.29, 1.82) is 0 Å². The van der Waals surface area contributed by atoms with Crippen molar-refractivity contribution in [3.8, 4) is 0 Å². The minimum absolute atomic E-state index is 0.579. The molecule has 0 saturated carbocycles. The van der Waals surface area contributed by atoms with E-state index in [1.54, 1.807) is 12.1 Å². The van der Waals surface area contributed by atoms with Crippen LogP contribution >= 0.6 is 15.9 Å². The molecule has 0 fully saturated rings. The molecular weight excluding hydrogens is 292 g/mol. The van der Waals surface area contributed by atoms with Crippen molar-refractivity contribution in [2.24, 2.45) is 4.99 Å². The smallest absolute Gasteiger partial charge is 0.240 e. The predicted molar refractivity (Wildman–Crippen MR) is 75.7 cm³/mol. The minimum Gasteiger partial charge on any atom is -0.379 e. The number of anilines is 1. The van der Waals surface area contributed by atoms with Gasteiger partial charge in [-0.05, 0) is 23.8 Å². The highest BCUT2D eigenvalue weighted by Gasteiger charge is 2.02. The molecule has 0 atom stereocenters. The number of carbonyl (C=O) groups excluding carboxylic acids is 1. The molecule has 2 aromatic rings. The van der Waals surface area contributed by atoms with Crippen LogP contribution < -0.4 is 5.32 Å². The lowest BCUT2D eigenvalue weighted by atomic mass is 10.2. The SMILES string of the molecule is O=C=Nc1cc(Br)ccc1NCc1ccccc1. The molecule has 2 aromatic carbocycles. The van der Waals surface area contributed by atoms with E-state index >= 15 is 0 Å². The average Bonchev–Trinajstić information content (AvgIpc) is 2.39. The number of rotatable bonds is 4. The minimum atomic E-state index is 0.579. The number of halogens is 1. The fourth-order valence-corrected chi connectivity index (χ4v) is 1.94. The average molecular weight is 303 g/mol. The topological polar surface area (TPSA) is 41.5 Å². The standard InChI is InChI=1S/C14H11BrN2O/c15-12-6-7-13(14(8-12)17-10-18)16-9-11-4-2-1-3-5-11/h1-8,16H,9H2. The monoisotopic (exact) mass is 302 g/mol. The molecule has 0 bridgehead atoms. The van der Waals surface area contributed by atoms with E-state index in [0.717, 1.165) is 10.2 Å². The third-order valence-corrected chi connectivity index (χ3v) is 2.94. The van der Waals surface area contributed by atoms with E-state index in [1.807, 2.05) is 42.5 Å². The first-order valence-electron chi connectivity index (χ1n) is 5.45. The molecule has 0 aromatic heterocycles. The van der Waals surface area contributed by atoms with E-state index < -0.39 is 0 Å². The molecule has 2 rings (SSSR count). The summed E-state index contributed by atoms with van der Waals surface area (Å²) < 4.78 is 0.877. The van der Waals surface area contributed by atoms with E-state index in [2.05, 4.69) is 26.2 Å². The lowest BCUT2D eigenvalue weighted by Gasteiger charge is -2.08. The Kier molecular flexibility index (Phi) is 4.29. The number of nitrogens with one attached hydrogen (secondary N) is 1. The summed E-state index contributed by atoms with van der Waals surface area (Å²) in [6.07, 6.45) is 1.56. The van der Waals surface area contributed by atoms with Gasteiger partial charge in [0.05, 0.1) is 5.69 Å². The first kappa shape index (κ1) is 12.6. The number of isocyanates is 1. The third kappa shape index (κ3) is 3.29. The molecule has 0 unspecified atom stereocenters. The maximum Gasteiger partial charge on any atom is 0.240 e. The number of aliphatic imine (C=N–C) groups is 1. The quantitative estimate of drug-likeness (QED) is 0.684. The first-order valence-corrected chi connectivity index (χ1v) is 6.24. The van der Waals surface area contributed by atoms with Crippen molar-refractivity contribution < 1.29 is 4.79 Å². The molecule has 0 saturated heterocycles. The van der Waals surface area contributed by atoms with Gasteiger partial charge < -0.3 is 5.32 Å². The zero-order chi connectivity index (χ0) is 12.8. The van der Waals surface area contributed by atoms with Gasteiger partial charge in [-0.25, -0.2) is 4.79 Å². The second-order valence-corrected chi connectivity index (χ2v) is 4.62. The highest BCUT2D eigenvalue weighted by atomic mass is 79.9. The lowest BCUT2D eigenvalue weighted by molar-refractivity contribution is 0.565. The molecular formula is C14H11BrN2O. The zero-order valence-corrected chi connectivity index (χ0v) is 11.1. The van der Waals surface area contributed by atoms with Crippen LogP contribution in [0.25, 0.3) is 0 Å². The van der Waals surface area contributed by atoms with Crippen LogP contribution in [0.3, 0.4) is 0 Å². The van der Waals surface area contributed by atoms with Crippen molar-refractivity contribution in [2.75, 3.05) is 5.32 Å². The number of hydrogen-bond acceptors (Lipinski definition) is 3. The Balaban J connectivity index is 2.16. The van der Waals surface area contributed by atoms with Crippen molar-refractivity contribution in [3.63, 3.8) is 0 Å². The normalized spacial score (nSPS) is 9.61. The van der Waals surface area contributed by atoms with E-state index in [9.17, 15) is 4.79 Å². The van der Waals surface area contributed by atoms with E-state index in [-0.39, 0.29) is 0 Å². The van der Waals surface area contributed by atoms with Gasteiger partial charge >= 0.3 is 0 Å². The van der Waals surface area contributed by atoms with Crippen LogP contribution in [0.5, 0.6) is 0 Å². The number of nitrogens with zero attached hydrogens (tertiary/aromatic N) is 1. The van der Waals surface area contributed by atoms with Crippen LogP contribution in [0.4, 0.5) is 11.4 Å². The van der Waals surface area contributed by atoms with Crippen LogP contribution in [-0.2, 0) is 11.3 Å². The Morgan fingerprint density at radius 1 is 1.17 bits per heavy atom. The highest BCUT2D eigenvalue weighted by Crippen LogP contribution is 2.28. The Labute approximate surface area is 114 Å². The van der Waals surface area contributed by atoms with Crippen LogP contribution in [0.2, 0.25) is 0 Å². The summed E-state index contributed by atoms with van der Waals surface area (Å²) in [5.41, 5.74) is 2.56. The molecule has 3 nitrogen and oxygen atoms in total. The molecule has 4 heteroatoms. The van der Waals surface area contributed by atoms with Gasteiger partial charge in [0.15, 0.2) is 0 Å². The molecule has 0 aliphatic heterocycles. The molecule has 0 aliphatic rings. The molecule has 1 N–H and O–H groups in total. The summed E-state index contributed by atoms with van der Waals surface area (Å²) in [7, 11) is 0. The van der Waals surface area contributed by atoms with E-state index in [4.69, 9.17) is 0 Å². The maximum absolute atomic E-state index is 10.4. The largest absolute Gasteiger partial charge is 0.379 e. The van der Waals surface area contributed by atoms with Gasteiger partial charge in [0, 0.05) is 11.0 Å². The van der Waals surface area contributed by atoms with Crippen LogP contribution in [-0.4, -0.2) is 6.08 Å². The molecule has 0 heterocycles. The molecule has 0 aliphatic carbocycles. The van der Waals surface area contributed by atoms with Gasteiger partial charge in [-0.1, -0.05) is 46.3 Å².